The Morgan fingerprint density at radius 3 is 2.84 bits per heavy atom. The fourth-order valence-electron chi connectivity index (χ4n) is 1.79. The van der Waals surface area contributed by atoms with Crippen molar-refractivity contribution in [2.45, 2.75) is 38.9 Å². The second-order valence-electron chi connectivity index (χ2n) is 4.63. The lowest BCUT2D eigenvalue weighted by atomic mass is 10.4. The molecule has 0 atom stereocenters. The highest BCUT2D eigenvalue weighted by Gasteiger charge is 2.12. The summed E-state index contributed by atoms with van der Waals surface area (Å²) in [4.78, 5) is 16.0. The number of carbonyl (C=O) groups is 1. The molecule has 0 aliphatic carbocycles. The van der Waals surface area contributed by atoms with Crippen molar-refractivity contribution < 1.29 is 4.79 Å². The maximum atomic E-state index is 11.6. The molecule has 0 fully saturated rings. The number of carbonyl (C=O) groups excluding carboxylic acids is 1. The van der Waals surface area contributed by atoms with Gasteiger partial charge in [0, 0.05) is 17.8 Å². The third-order valence-corrected chi connectivity index (χ3v) is 3.37. The van der Waals surface area contributed by atoms with E-state index in [0.29, 0.717) is 10.9 Å². The Morgan fingerprint density at radius 2 is 2.16 bits per heavy atom. The van der Waals surface area contributed by atoms with Crippen LogP contribution in [0, 0.1) is 13.8 Å². The van der Waals surface area contributed by atoms with Gasteiger partial charge in [-0.1, -0.05) is 11.8 Å². The van der Waals surface area contributed by atoms with E-state index in [0.717, 1.165) is 17.2 Å². The topological polar surface area (TPSA) is 72.2 Å². The molecule has 1 N–H and O–H groups in total. The molecule has 1 amide bonds. The lowest BCUT2D eigenvalue weighted by Crippen LogP contribution is -2.31. The Morgan fingerprint density at radius 1 is 1.42 bits per heavy atom. The van der Waals surface area contributed by atoms with E-state index >= 15 is 0 Å². The summed E-state index contributed by atoms with van der Waals surface area (Å²) in [6.07, 6.45) is 0. The molecule has 7 heteroatoms. The zero-order valence-electron chi connectivity index (χ0n) is 11.5. The van der Waals surface area contributed by atoms with Gasteiger partial charge in [0.2, 0.25) is 5.91 Å². The largest absolute Gasteiger partial charge is 0.353 e. The molecule has 0 saturated heterocycles. The maximum Gasteiger partial charge on any atom is 0.230 e. The van der Waals surface area contributed by atoms with E-state index in [4.69, 9.17) is 0 Å². The van der Waals surface area contributed by atoms with E-state index in [2.05, 4.69) is 20.5 Å². The van der Waals surface area contributed by atoms with Crippen LogP contribution in [0.25, 0.3) is 5.65 Å². The van der Waals surface area contributed by atoms with Gasteiger partial charge in [0.15, 0.2) is 10.8 Å². The molecule has 0 saturated carbocycles. The van der Waals surface area contributed by atoms with E-state index < -0.39 is 0 Å². The Hall–Kier alpha value is -1.63. The highest BCUT2D eigenvalue weighted by molar-refractivity contribution is 7.99. The van der Waals surface area contributed by atoms with Gasteiger partial charge in [-0.05, 0) is 27.7 Å². The molecule has 6 nitrogen and oxygen atoms in total. The third kappa shape index (κ3) is 3.23. The third-order valence-electron chi connectivity index (χ3n) is 2.44. The summed E-state index contributed by atoms with van der Waals surface area (Å²) in [5.74, 6) is 1.15. The first kappa shape index (κ1) is 13.8. The summed E-state index contributed by atoms with van der Waals surface area (Å²) in [5.41, 5.74) is 1.67. The number of aromatic nitrogens is 4. The smallest absolute Gasteiger partial charge is 0.230 e. The van der Waals surface area contributed by atoms with Crippen LogP contribution in [-0.4, -0.2) is 37.3 Å². The molecule has 0 bridgehead atoms. The highest BCUT2D eigenvalue weighted by Crippen LogP contribution is 2.18. The zero-order chi connectivity index (χ0) is 14.0. The minimum atomic E-state index is -0.00512. The van der Waals surface area contributed by atoms with Crippen LogP contribution in [-0.2, 0) is 4.79 Å². The SMILES string of the molecule is Cc1cc2nnc(SCC(=O)NC(C)C)n2c(C)n1. The van der Waals surface area contributed by atoms with Gasteiger partial charge < -0.3 is 5.32 Å². The van der Waals surface area contributed by atoms with Gasteiger partial charge in [-0.2, -0.15) is 0 Å². The van der Waals surface area contributed by atoms with E-state index in [1.54, 1.807) is 0 Å². The van der Waals surface area contributed by atoms with Gasteiger partial charge in [0.1, 0.15) is 5.82 Å². The van der Waals surface area contributed by atoms with E-state index in [1.807, 2.05) is 38.2 Å². The lowest BCUT2D eigenvalue weighted by Gasteiger charge is -2.07. The average Bonchev–Trinajstić information content (AvgIpc) is 2.68. The van der Waals surface area contributed by atoms with Crippen LogP contribution in [0.5, 0.6) is 0 Å². The number of amides is 1. The molecule has 0 unspecified atom stereocenters. The van der Waals surface area contributed by atoms with E-state index in [-0.39, 0.29) is 11.9 Å². The molecule has 0 aromatic carbocycles. The Kier molecular flexibility index (Phi) is 4.04. The van der Waals surface area contributed by atoms with Gasteiger partial charge in [0.05, 0.1) is 5.75 Å². The number of fused-ring (bicyclic) bond motifs is 1. The Labute approximate surface area is 116 Å². The number of hydrogen-bond acceptors (Lipinski definition) is 5. The molecule has 102 valence electrons. The van der Waals surface area contributed by atoms with Crippen molar-refractivity contribution in [3.8, 4) is 0 Å². The predicted molar refractivity (Wildman–Crippen MR) is 74.3 cm³/mol. The van der Waals surface area contributed by atoms with Gasteiger partial charge in [-0.15, -0.1) is 10.2 Å². The molecule has 0 radical (unpaired) electrons. The number of nitrogens with zero attached hydrogens (tertiary/aromatic N) is 4. The van der Waals surface area contributed by atoms with Crippen LogP contribution in [0.1, 0.15) is 25.4 Å². The highest BCUT2D eigenvalue weighted by atomic mass is 32.2. The van der Waals surface area contributed by atoms with Gasteiger partial charge in [-0.25, -0.2) is 4.98 Å². The first-order chi connectivity index (χ1) is 8.97. The van der Waals surface area contributed by atoms with Crippen molar-refractivity contribution in [1.29, 1.82) is 0 Å². The molecular formula is C12H17N5OS. The first-order valence-corrected chi connectivity index (χ1v) is 7.07. The van der Waals surface area contributed by atoms with Crippen molar-refractivity contribution in [2.75, 3.05) is 5.75 Å². The Bertz CT molecular complexity index is 607. The van der Waals surface area contributed by atoms with Crippen LogP contribution in [0.3, 0.4) is 0 Å². The van der Waals surface area contributed by atoms with Crippen molar-refractivity contribution in [3.05, 3.63) is 17.6 Å². The summed E-state index contributed by atoms with van der Waals surface area (Å²) < 4.78 is 1.86. The quantitative estimate of drug-likeness (QED) is 0.856. The monoisotopic (exact) mass is 279 g/mol. The maximum absolute atomic E-state index is 11.6. The van der Waals surface area contributed by atoms with Crippen molar-refractivity contribution >= 4 is 23.3 Å². The van der Waals surface area contributed by atoms with Crippen molar-refractivity contribution in [2.24, 2.45) is 0 Å². The lowest BCUT2D eigenvalue weighted by molar-refractivity contribution is -0.119. The van der Waals surface area contributed by atoms with Gasteiger partial charge in [-0.3, -0.25) is 9.20 Å². The fourth-order valence-corrected chi connectivity index (χ4v) is 2.59. The number of hydrogen-bond donors (Lipinski definition) is 1. The molecule has 0 aliphatic heterocycles. The van der Waals surface area contributed by atoms with Crippen LogP contribution in [0.4, 0.5) is 0 Å². The second kappa shape index (κ2) is 5.56. The Balaban J connectivity index is 2.16. The molecule has 2 aromatic rings. The van der Waals surface area contributed by atoms with Crippen molar-refractivity contribution in [1.82, 2.24) is 24.9 Å². The summed E-state index contributed by atoms with van der Waals surface area (Å²) in [6, 6.07) is 2.02. The van der Waals surface area contributed by atoms with Crippen LogP contribution in [0.15, 0.2) is 11.2 Å². The van der Waals surface area contributed by atoms with Crippen molar-refractivity contribution in [3.63, 3.8) is 0 Å². The van der Waals surface area contributed by atoms with Crippen LogP contribution in [0.2, 0.25) is 0 Å². The average molecular weight is 279 g/mol. The molecule has 19 heavy (non-hydrogen) atoms. The molecule has 2 heterocycles. The minimum absolute atomic E-state index is 0.00512. The molecule has 2 rings (SSSR count). The van der Waals surface area contributed by atoms with E-state index in [1.165, 1.54) is 11.8 Å². The summed E-state index contributed by atoms with van der Waals surface area (Å²) in [6.45, 7) is 7.70. The number of rotatable bonds is 4. The molecule has 0 spiro atoms. The predicted octanol–water partition coefficient (Wildman–Crippen LogP) is 1.36. The van der Waals surface area contributed by atoms with Crippen LogP contribution >= 0.6 is 11.8 Å². The normalized spacial score (nSPS) is 11.2. The number of aryl methyl sites for hydroxylation is 2. The number of thioether (sulfide) groups is 1. The fraction of sp³-hybridized carbons (Fsp3) is 0.500. The summed E-state index contributed by atoms with van der Waals surface area (Å²) in [5, 5.41) is 11.7. The molecule has 2 aromatic heterocycles. The van der Waals surface area contributed by atoms with Crippen LogP contribution < -0.4 is 5.32 Å². The molecular weight excluding hydrogens is 262 g/mol. The first-order valence-electron chi connectivity index (χ1n) is 6.09. The van der Waals surface area contributed by atoms with E-state index in [9.17, 15) is 4.79 Å². The summed E-state index contributed by atoms with van der Waals surface area (Å²) >= 11 is 1.36. The van der Waals surface area contributed by atoms with Gasteiger partial charge >= 0.3 is 0 Å². The second-order valence-corrected chi connectivity index (χ2v) is 5.57. The minimum Gasteiger partial charge on any atom is -0.353 e. The van der Waals surface area contributed by atoms with Gasteiger partial charge in [0.25, 0.3) is 0 Å². The molecule has 0 aliphatic rings. The zero-order valence-corrected chi connectivity index (χ0v) is 12.3. The summed E-state index contributed by atoms with van der Waals surface area (Å²) in [7, 11) is 0. The standard InChI is InChI=1S/C12H17N5OS/c1-7(2)13-11(18)6-19-12-16-15-10-5-8(3)14-9(4)17(10)12/h5,7H,6H2,1-4H3,(H,13,18). The number of nitrogens with one attached hydrogen (secondary N) is 1.